The van der Waals surface area contributed by atoms with Gasteiger partial charge in [0.05, 0.1) is 11.3 Å². The molecule has 0 fully saturated rings. The van der Waals surface area contributed by atoms with Gasteiger partial charge in [0.25, 0.3) is 0 Å². The van der Waals surface area contributed by atoms with Gasteiger partial charge < -0.3 is 9.63 Å². The van der Waals surface area contributed by atoms with Crippen molar-refractivity contribution in [2.75, 3.05) is 0 Å². The fourth-order valence-electron chi connectivity index (χ4n) is 1.04. The van der Waals surface area contributed by atoms with Crippen LogP contribution in [0.25, 0.3) is 0 Å². The van der Waals surface area contributed by atoms with E-state index in [1.807, 2.05) is 0 Å². The Hall–Kier alpha value is -1.04. The second-order valence-corrected chi connectivity index (χ2v) is 2.68. The van der Waals surface area contributed by atoms with Crippen molar-refractivity contribution in [3.63, 3.8) is 0 Å². The van der Waals surface area contributed by atoms with Gasteiger partial charge in [0.1, 0.15) is 5.76 Å². The van der Waals surface area contributed by atoms with Gasteiger partial charge in [-0.05, 0) is 13.8 Å². The quantitative estimate of drug-likeness (QED) is 0.744. The largest absolute Gasteiger partial charge is 0.418 e. The smallest absolute Gasteiger partial charge is 0.379 e. The molecule has 0 aliphatic heterocycles. The Morgan fingerprint density at radius 3 is 2.23 bits per heavy atom. The maximum Gasteiger partial charge on any atom is 0.418 e. The summed E-state index contributed by atoms with van der Waals surface area (Å²) in [5, 5.41) is 12.2. The minimum Gasteiger partial charge on any atom is -0.379 e. The second kappa shape index (κ2) is 3.02. The molecule has 6 heteroatoms. The highest BCUT2D eigenvalue weighted by Crippen LogP contribution is 2.35. The molecule has 1 atom stereocenters. The first-order valence-electron chi connectivity index (χ1n) is 3.51. The van der Waals surface area contributed by atoms with Gasteiger partial charge >= 0.3 is 6.18 Å². The highest BCUT2D eigenvalue weighted by Gasteiger charge is 2.42. The zero-order chi connectivity index (χ0) is 10.2. The fraction of sp³-hybridized carbons (Fsp3) is 0.571. The van der Waals surface area contributed by atoms with Crippen molar-refractivity contribution in [2.45, 2.75) is 26.1 Å². The number of halogens is 3. The fourth-order valence-corrected chi connectivity index (χ4v) is 1.04. The number of nitrogens with zero attached hydrogens (tertiary/aromatic N) is 1. The minimum atomic E-state index is -4.68. The highest BCUT2D eigenvalue weighted by atomic mass is 19.4. The van der Waals surface area contributed by atoms with Gasteiger partial charge in [-0.25, -0.2) is 0 Å². The van der Waals surface area contributed by atoms with E-state index in [2.05, 4.69) is 9.68 Å². The lowest BCUT2D eigenvalue weighted by atomic mass is 10.1. The first-order chi connectivity index (χ1) is 5.84. The number of hydrogen-bond acceptors (Lipinski definition) is 3. The number of hydrogen-bond donors (Lipinski definition) is 1. The van der Waals surface area contributed by atoms with Crippen LogP contribution in [0.15, 0.2) is 4.52 Å². The molecule has 74 valence electrons. The van der Waals surface area contributed by atoms with Crippen LogP contribution in [0.2, 0.25) is 0 Å². The van der Waals surface area contributed by atoms with E-state index >= 15 is 0 Å². The predicted octanol–water partition coefficient (Wildman–Crippen LogP) is 1.89. The molecule has 13 heavy (non-hydrogen) atoms. The van der Waals surface area contributed by atoms with Crippen molar-refractivity contribution >= 4 is 0 Å². The standard InChI is InChI=1S/C7H8F3NO2/c1-3-5(4(2)13-11-3)6(12)7(8,9)10/h6,12H,1-2H3. The summed E-state index contributed by atoms with van der Waals surface area (Å²) in [7, 11) is 0. The summed E-state index contributed by atoms with van der Waals surface area (Å²) >= 11 is 0. The molecule has 0 amide bonds. The van der Waals surface area contributed by atoms with Gasteiger partial charge in [0.2, 0.25) is 0 Å². The molecule has 1 rings (SSSR count). The van der Waals surface area contributed by atoms with Crippen LogP contribution in [-0.2, 0) is 0 Å². The number of alkyl halides is 3. The summed E-state index contributed by atoms with van der Waals surface area (Å²) in [5.41, 5.74) is -0.241. The number of rotatable bonds is 1. The number of aromatic nitrogens is 1. The van der Waals surface area contributed by atoms with Crippen molar-refractivity contribution < 1.29 is 22.8 Å². The molecule has 1 aromatic rings. The molecule has 0 aliphatic rings. The molecular formula is C7H8F3NO2. The van der Waals surface area contributed by atoms with Gasteiger partial charge in [0, 0.05) is 0 Å². The molecule has 0 aliphatic carbocycles. The third-order valence-electron chi connectivity index (χ3n) is 1.67. The summed E-state index contributed by atoms with van der Waals surface area (Å²) in [5.74, 6) is -0.0117. The van der Waals surface area contributed by atoms with Crippen molar-refractivity contribution in [3.8, 4) is 0 Å². The van der Waals surface area contributed by atoms with E-state index in [1.54, 1.807) is 0 Å². The van der Waals surface area contributed by atoms with Crippen LogP contribution in [0.4, 0.5) is 13.2 Å². The molecule has 1 unspecified atom stereocenters. The van der Waals surface area contributed by atoms with Crippen LogP contribution in [0.1, 0.15) is 23.1 Å². The van der Waals surface area contributed by atoms with E-state index in [0.717, 1.165) is 0 Å². The second-order valence-electron chi connectivity index (χ2n) is 2.68. The lowest BCUT2D eigenvalue weighted by molar-refractivity contribution is -0.207. The lowest BCUT2D eigenvalue weighted by Crippen LogP contribution is -2.21. The van der Waals surface area contributed by atoms with E-state index in [1.165, 1.54) is 13.8 Å². The zero-order valence-electron chi connectivity index (χ0n) is 7.01. The van der Waals surface area contributed by atoms with E-state index in [9.17, 15) is 13.2 Å². The maximum atomic E-state index is 12.1. The maximum absolute atomic E-state index is 12.1. The van der Waals surface area contributed by atoms with Gasteiger partial charge in [-0.15, -0.1) is 0 Å². The van der Waals surface area contributed by atoms with Crippen LogP contribution in [0, 0.1) is 13.8 Å². The monoisotopic (exact) mass is 195 g/mol. The molecule has 1 N–H and O–H groups in total. The van der Waals surface area contributed by atoms with Crippen molar-refractivity contribution in [1.29, 1.82) is 0 Å². The third-order valence-corrected chi connectivity index (χ3v) is 1.67. The Morgan fingerprint density at radius 2 is 1.92 bits per heavy atom. The Labute approximate surface area is 72.1 Å². The first kappa shape index (κ1) is 10.0. The zero-order valence-corrected chi connectivity index (χ0v) is 7.01. The van der Waals surface area contributed by atoms with Crippen LogP contribution in [0.5, 0.6) is 0 Å². The number of aliphatic hydroxyl groups excluding tert-OH is 1. The van der Waals surface area contributed by atoms with Crippen molar-refractivity contribution in [3.05, 3.63) is 17.0 Å². The van der Waals surface area contributed by atoms with Crippen LogP contribution in [0.3, 0.4) is 0 Å². The topological polar surface area (TPSA) is 46.3 Å². The molecule has 1 aromatic heterocycles. The average Bonchev–Trinajstić information content (AvgIpc) is 2.28. The van der Waals surface area contributed by atoms with E-state index in [0.29, 0.717) is 0 Å². The summed E-state index contributed by atoms with van der Waals surface area (Å²) in [6.45, 7) is 2.67. The average molecular weight is 195 g/mol. The number of aliphatic hydroxyl groups is 1. The third kappa shape index (κ3) is 1.82. The SMILES string of the molecule is Cc1noc(C)c1C(O)C(F)(F)F. The van der Waals surface area contributed by atoms with Gasteiger partial charge in [-0.2, -0.15) is 13.2 Å². The van der Waals surface area contributed by atoms with Gasteiger partial charge in [0.15, 0.2) is 6.10 Å². The van der Waals surface area contributed by atoms with Crippen LogP contribution >= 0.6 is 0 Å². The summed E-state index contributed by atoms with van der Waals surface area (Å²) < 4.78 is 40.7. The summed E-state index contributed by atoms with van der Waals surface area (Å²) in [6, 6.07) is 0. The van der Waals surface area contributed by atoms with Gasteiger partial charge in [-0.1, -0.05) is 5.16 Å². The molecule has 0 radical (unpaired) electrons. The predicted molar refractivity (Wildman–Crippen MR) is 37.0 cm³/mol. The van der Waals surface area contributed by atoms with Crippen molar-refractivity contribution in [2.24, 2.45) is 0 Å². The summed E-state index contributed by atoms with van der Waals surface area (Å²) in [6.07, 6.45) is -7.19. The molecule has 0 saturated carbocycles. The van der Waals surface area contributed by atoms with Gasteiger partial charge in [-0.3, -0.25) is 0 Å². The lowest BCUT2D eigenvalue weighted by Gasteiger charge is -2.13. The molecular weight excluding hydrogens is 187 g/mol. The Bertz CT molecular complexity index is 286. The molecule has 3 nitrogen and oxygen atoms in total. The first-order valence-corrected chi connectivity index (χ1v) is 3.51. The Balaban J connectivity index is 3.08. The van der Waals surface area contributed by atoms with Crippen molar-refractivity contribution in [1.82, 2.24) is 5.16 Å². The minimum absolute atomic E-state index is 0.0117. The normalized spacial score (nSPS) is 14.6. The van der Waals surface area contributed by atoms with E-state index in [4.69, 9.17) is 5.11 Å². The molecule has 0 aromatic carbocycles. The Kier molecular flexibility index (Phi) is 2.34. The van der Waals surface area contributed by atoms with E-state index in [-0.39, 0.29) is 17.0 Å². The van der Waals surface area contributed by atoms with Crippen LogP contribution in [-0.4, -0.2) is 16.4 Å². The summed E-state index contributed by atoms with van der Waals surface area (Å²) in [4.78, 5) is 0. The molecule has 0 saturated heterocycles. The molecule has 0 bridgehead atoms. The molecule has 1 heterocycles. The highest BCUT2D eigenvalue weighted by molar-refractivity contribution is 5.24. The molecule has 0 spiro atoms. The Morgan fingerprint density at radius 1 is 1.38 bits per heavy atom. The number of aryl methyl sites for hydroxylation is 2. The van der Waals surface area contributed by atoms with E-state index < -0.39 is 12.3 Å². The van der Waals surface area contributed by atoms with Crippen LogP contribution < -0.4 is 0 Å².